The van der Waals surface area contributed by atoms with Crippen LogP contribution in [-0.4, -0.2) is 56.6 Å². The van der Waals surface area contributed by atoms with Crippen molar-refractivity contribution in [3.8, 4) is 5.75 Å². The number of halogens is 3. The maximum atomic E-state index is 12.2. The fraction of sp³-hybridized carbons (Fsp3) is 0.556. The number of nitrogens with zero attached hydrogens (tertiary/aromatic N) is 1. The summed E-state index contributed by atoms with van der Waals surface area (Å²) in [6, 6.07) is 5.86. The number of ether oxygens (including phenoxy) is 2. The average molecular weight is 403 g/mol. The number of alkyl halides is 3. The number of benzene rings is 1. The monoisotopic (exact) mass is 403 g/mol. The molecule has 1 aromatic rings. The molecule has 1 saturated heterocycles. The molecule has 2 N–H and O–H groups in total. The predicted octanol–water partition coefficient (Wildman–Crippen LogP) is 2.27. The Morgan fingerprint density at radius 3 is 2.39 bits per heavy atom. The normalized spacial score (nSPS) is 15.7. The Labute approximate surface area is 161 Å². The van der Waals surface area contributed by atoms with Gasteiger partial charge < -0.3 is 20.1 Å². The van der Waals surface area contributed by atoms with Gasteiger partial charge in [-0.25, -0.2) is 4.79 Å². The predicted molar refractivity (Wildman–Crippen MR) is 94.5 cm³/mol. The minimum absolute atomic E-state index is 0.232. The Hall–Kier alpha value is -2.49. The lowest BCUT2D eigenvalue weighted by Gasteiger charge is -2.32. The van der Waals surface area contributed by atoms with Crippen molar-refractivity contribution in [1.82, 2.24) is 15.5 Å². The van der Waals surface area contributed by atoms with E-state index in [1.165, 1.54) is 19.2 Å². The molecular formula is C18H24F3N3O4. The summed E-state index contributed by atoms with van der Waals surface area (Å²) in [7, 11) is 1.46. The van der Waals surface area contributed by atoms with E-state index in [1.807, 2.05) is 0 Å². The number of nitrogens with one attached hydrogen (secondary N) is 2. The van der Waals surface area contributed by atoms with Gasteiger partial charge in [-0.2, -0.15) is 0 Å². The van der Waals surface area contributed by atoms with Crippen molar-refractivity contribution < 1.29 is 32.2 Å². The highest BCUT2D eigenvalue weighted by atomic mass is 19.4. The molecule has 1 heterocycles. The fourth-order valence-corrected chi connectivity index (χ4v) is 2.89. The van der Waals surface area contributed by atoms with Crippen molar-refractivity contribution in [2.24, 2.45) is 5.92 Å². The number of likely N-dealkylation sites (N-methyl/N-ethyl adjacent to an activating group) is 1. The number of carbonyl (C=O) groups excluding carboxylic acids is 2. The van der Waals surface area contributed by atoms with Crippen molar-refractivity contribution in [2.75, 3.05) is 33.3 Å². The molecule has 0 spiro atoms. The van der Waals surface area contributed by atoms with Crippen molar-refractivity contribution in [1.29, 1.82) is 0 Å². The van der Waals surface area contributed by atoms with E-state index in [1.54, 1.807) is 12.1 Å². The standard InChI is InChI=1S/C18H24F3N3O4/c1-22-16(25)12-27-17(26)23-10-13-6-8-24(9-7-13)11-14-2-4-15(5-3-14)28-18(19,20)21/h2-5,13H,6-12H2,1H3,(H,22,25)(H,23,26). The molecule has 0 bridgehead atoms. The van der Waals surface area contributed by atoms with E-state index in [0.29, 0.717) is 19.0 Å². The minimum Gasteiger partial charge on any atom is -0.439 e. The maximum Gasteiger partial charge on any atom is 0.573 e. The highest BCUT2D eigenvalue weighted by Gasteiger charge is 2.31. The largest absolute Gasteiger partial charge is 0.573 e. The van der Waals surface area contributed by atoms with Crippen LogP contribution in [0.4, 0.5) is 18.0 Å². The average Bonchev–Trinajstić information content (AvgIpc) is 2.66. The van der Waals surface area contributed by atoms with Crippen LogP contribution in [0.25, 0.3) is 0 Å². The van der Waals surface area contributed by atoms with E-state index < -0.39 is 12.5 Å². The van der Waals surface area contributed by atoms with Crippen LogP contribution in [0.1, 0.15) is 18.4 Å². The quantitative estimate of drug-likeness (QED) is 0.730. The third-order valence-electron chi connectivity index (χ3n) is 4.42. The first-order valence-electron chi connectivity index (χ1n) is 8.93. The molecule has 2 amide bonds. The molecule has 0 unspecified atom stereocenters. The van der Waals surface area contributed by atoms with Crippen LogP contribution in [-0.2, 0) is 16.1 Å². The van der Waals surface area contributed by atoms with Gasteiger partial charge in [-0.15, -0.1) is 13.2 Å². The number of carbonyl (C=O) groups is 2. The van der Waals surface area contributed by atoms with Gasteiger partial charge in [0.2, 0.25) is 0 Å². The summed E-state index contributed by atoms with van der Waals surface area (Å²) in [5.74, 6) is -0.294. The molecule has 28 heavy (non-hydrogen) atoms. The smallest absolute Gasteiger partial charge is 0.439 e. The van der Waals surface area contributed by atoms with Gasteiger partial charge in [0.05, 0.1) is 0 Å². The molecule has 0 aliphatic carbocycles. The van der Waals surface area contributed by atoms with Crippen molar-refractivity contribution in [3.05, 3.63) is 29.8 Å². The maximum absolute atomic E-state index is 12.2. The minimum atomic E-state index is -4.69. The van der Waals surface area contributed by atoms with E-state index in [4.69, 9.17) is 4.74 Å². The molecule has 10 heteroatoms. The van der Waals surface area contributed by atoms with Crippen LogP contribution in [0.5, 0.6) is 5.75 Å². The number of hydrogen-bond donors (Lipinski definition) is 2. The molecule has 1 fully saturated rings. The van der Waals surface area contributed by atoms with E-state index in [9.17, 15) is 22.8 Å². The molecule has 0 aromatic heterocycles. The zero-order valence-corrected chi connectivity index (χ0v) is 15.6. The fourth-order valence-electron chi connectivity index (χ4n) is 2.89. The van der Waals surface area contributed by atoms with Gasteiger partial charge in [0.1, 0.15) is 5.75 Å². The van der Waals surface area contributed by atoms with Gasteiger partial charge in [0, 0.05) is 20.1 Å². The molecule has 156 valence electrons. The first kappa shape index (κ1) is 21.8. The zero-order valence-electron chi connectivity index (χ0n) is 15.6. The summed E-state index contributed by atoms with van der Waals surface area (Å²) in [6.07, 6.45) is -3.55. The Morgan fingerprint density at radius 2 is 1.82 bits per heavy atom. The van der Waals surface area contributed by atoms with Crippen LogP contribution in [0.3, 0.4) is 0 Å². The van der Waals surface area contributed by atoms with E-state index in [2.05, 4.69) is 20.3 Å². The van der Waals surface area contributed by atoms with Crippen molar-refractivity contribution >= 4 is 12.0 Å². The number of likely N-dealkylation sites (tertiary alicyclic amines) is 1. The Balaban J connectivity index is 1.67. The summed E-state index contributed by atoms with van der Waals surface area (Å²) in [6.45, 7) is 2.44. The lowest BCUT2D eigenvalue weighted by atomic mass is 9.96. The van der Waals surface area contributed by atoms with E-state index >= 15 is 0 Å². The molecule has 2 rings (SSSR count). The first-order chi connectivity index (χ1) is 13.2. The zero-order chi connectivity index (χ0) is 20.6. The summed E-state index contributed by atoms with van der Waals surface area (Å²) in [5.41, 5.74) is 0.906. The Bertz CT molecular complexity index is 644. The number of rotatable bonds is 7. The second-order valence-electron chi connectivity index (χ2n) is 6.54. The number of amides is 2. The topological polar surface area (TPSA) is 79.9 Å². The first-order valence-corrected chi connectivity index (χ1v) is 8.93. The van der Waals surface area contributed by atoms with Crippen LogP contribution in [0.2, 0.25) is 0 Å². The Kier molecular flexibility index (Phi) is 7.91. The van der Waals surface area contributed by atoms with Gasteiger partial charge in [0.25, 0.3) is 5.91 Å². The van der Waals surface area contributed by atoms with Gasteiger partial charge in [0.15, 0.2) is 6.61 Å². The third kappa shape index (κ3) is 8.03. The number of alkyl carbamates (subject to hydrolysis) is 1. The van der Waals surface area contributed by atoms with Crippen LogP contribution < -0.4 is 15.4 Å². The summed E-state index contributed by atoms with van der Waals surface area (Å²) >= 11 is 0. The lowest BCUT2D eigenvalue weighted by molar-refractivity contribution is -0.274. The SMILES string of the molecule is CNC(=O)COC(=O)NCC1CCN(Cc2ccc(OC(F)(F)F)cc2)CC1. The molecule has 1 aromatic carbocycles. The van der Waals surface area contributed by atoms with Crippen LogP contribution in [0.15, 0.2) is 24.3 Å². The third-order valence-corrected chi connectivity index (χ3v) is 4.42. The summed E-state index contributed by atoms with van der Waals surface area (Å²) < 4.78 is 45.2. The molecule has 7 nitrogen and oxygen atoms in total. The number of piperidine rings is 1. The summed E-state index contributed by atoms with van der Waals surface area (Å²) in [5, 5.41) is 5.01. The Morgan fingerprint density at radius 1 is 1.18 bits per heavy atom. The molecule has 0 radical (unpaired) electrons. The van der Waals surface area contributed by atoms with E-state index in [0.717, 1.165) is 31.5 Å². The van der Waals surface area contributed by atoms with Crippen molar-refractivity contribution in [3.63, 3.8) is 0 Å². The van der Waals surface area contributed by atoms with Crippen LogP contribution >= 0.6 is 0 Å². The molecule has 1 aliphatic rings. The highest BCUT2D eigenvalue weighted by Crippen LogP contribution is 2.24. The number of hydrogen-bond acceptors (Lipinski definition) is 5. The lowest BCUT2D eigenvalue weighted by Crippen LogP contribution is -2.39. The van der Waals surface area contributed by atoms with Gasteiger partial charge in [-0.3, -0.25) is 9.69 Å². The van der Waals surface area contributed by atoms with E-state index in [-0.39, 0.29) is 18.3 Å². The van der Waals surface area contributed by atoms with Gasteiger partial charge in [-0.05, 0) is 49.5 Å². The van der Waals surface area contributed by atoms with Crippen molar-refractivity contribution in [2.45, 2.75) is 25.7 Å². The second kappa shape index (κ2) is 10.2. The summed E-state index contributed by atoms with van der Waals surface area (Å²) in [4.78, 5) is 24.7. The van der Waals surface area contributed by atoms with Gasteiger partial charge in [-0.1, -0.05) is 12.1 Å². The molecular weight excluding hydrogens is 379 g/mol. The molecule has 0 saturated carbocycles. The van der Waals surface area contributed by atoms with Gasteiger partial charge >= 0.3 is 12.5 Å². The highest BCUT2D eigenvalue weighted by molar-refractivity contribution is 5.79. The molecule has 0 atom stereocenters. The molecule has 1 aliphatic heterocycles. The van der Waals surface area contributed by atoms with Crippen LogP contribution in [0, 0.1) is 5.92 Å². The second-order valence-corrected chi connectivity index (χ2v) is 6.54.